The van der Waals surface area contributed by atoms with Crippen molar-refractivity contribution < 1.29 is 4.74 Å². The van der Waals surface area contributed by atoms with E-state index >= 15 is 0 Å². The third kappa shape index (κ3) is 4.15. The first-order valence-corrected chi connectivity index (χ1v) is 6.31. The van der Waals surface area contributed by atoms with Crippen molar-refractivity contribution in [3.63, 3.8) is 0 Å². The summed E-state index contributed by atoms with van der Waals surface area (Å²) in [6.07, 6.45) is 0. The molecule has 3 N–H and O–H groups in total. The molecule has 0 bridgehead atoms. The van der Waals surface area contributed by atoms with Crippen LogP contribution in [0, 0.1) is 0 Å². The van der Waals surface area contributed by atoms with Gasteiger partial charge in [-0.1, -0.05) is 23.2 Å². The highest BCUT2D eigenvalue weighted by atomic mass is 35.5. The number of nitrogens with two attached hydrogens (primary N) is 1. The maximum atomic E-state index is 5.86. The van der Waals surface area contributed by atoms with Crippen molar-refractivity contribution in [3.8, 4) is 5.75 Å². The molecule has 1 aromatic heterocycles. The quantitative estimate of drug-likeness (QED) is 0.656. The zero-order chi connectivity index (χ0) is 13.7. The molecule has 0 saturated carbocycles. The second kappa shape index (κ2) is 6.45. The van der Waals surface area contributed by atoms with Crippen LogP contribution in [0.15, 0.2) is 30.3 Å². The lowest BCUT2D eigenvalue weighted by Gasteiger charge is -2.09. The summed E-state index contributed by atoms with van der Waals surface area (Å²) in [5.41, 5.74) is 6.91. The Morgan fingerprint density at radius 1 is 1.16 bits per heavy atom. The van der Waals surface area contributed by atoms with Gasteiger partial charge in [-0.3, -0.25) is 0 Å². The molecule has 1 aromatic carbocycles. The molecule has 0 aliphatic heterocycles. The van der Waals surface area contributed by atoms with Crippen LogP contribution in [0.3, 0.4) is 0 Å². The average molecular weight is 299 g/mol. The summed E-state index contributed by atoms with van der Waals surface area (Å²) in [6, 6.07) is 8.80. The van der Waals surface area contributed by atoms with E-state index in [0.29, 0.717) is 24.5 Å². The summed E-state index contributed by atoms with van der Waals surface area (Å²) in [5.74, 6) is 0.757. The van der Waals surface area contributed by atoms with E-state index in [9.17, 15) is 0 Å². The molecule has 0 aliphatic rings. The summed E-state index contributed by atoms with van der Waals surface area (Å²) in [6.45, 7) is 1.03. The third-order valence-corrected chi connectivity index (χ3v) is 2.75. The molecule has 0 saturated heterocycles. The first-order chi connectivity index (χ1) is 9.15. The van der Waals surface area contributed by atoms with E-state index in [4.69, 9.17) is 33.7 Å². The van der Waals surface area contributed by atoms with Gasteiger partial charge < -0.3 is 15.8 Å². The van der Waals surface area contributed by atoms with Crippen LogP contribution in [0.25, 0.3) is 0 Å². The van der Waals surface area contributed by atoms with Gasteiger partial charge in [0.25, 0.3) is 0 Å². The Morgan fingerprint density at radius 2 is 1.89 bits per heavy atom. The maximum absolute atomic E-state index is 5.86. The molecule has 0 aliphatic carbocycles. The molecule has 100 valence electrons. The van der Waals surface area contributed by atoms with Crippen LogP contribution in [0.4, 0.5) is 11.4 Å². The van der Waals surface area contributed by atoms with Gasteiger partial charge in [-0.2, -0.15) is 0 Å². The predicted octanol–water partition coefficient (Wildman–Crippen LogP) is 2.86. The topological polar surface area (TPSA) is 73.1 Å². The van der Waals surface area contributed by atoms with Gasteiger partial charge in [0.15, 0.2) is 10.3 Å². The molecule has 7 heteroatoms. The van der Waals surface area contributed by atoms with Gasteiger partial charge in [0.2, 0.25) is 0 Å². The lowest BCUT2D eigenvalue weighted by molar-refractivity contribution is 0.333. The lowest BCUT2D eigenvalue weighted by Crippen LogP contribution is -2.12. The minimum atomic E-state index is 0.275. The number of ether oxygens (including phenoxy) is 1. The zero-order valence-corrected chi connectivity index (χ0v) is 11.4. The SMILES string of the molecule is Nc1ccc(OCCNc2cc(Cl)nnc2Cl)cc1. The number of nitrogen functional groups attached to an aromatic ring is 1. The van der Waals surface area contributed by atoms with Crippen molar-refractivity contribution in [2.75, 3.05) is 24.2 Å². The smallest absolute Gasteiger partial charge is 0.174 e. The van der Waals surface area contributed by atoms with Crippen LogP contribution in [0.1, 0.15) is 0 Å². The fourth-order valence-corrected chi connectivity index (χ4v) is 1.70. The number of rotatable bonds is 5. The molecule has 0 atom stereocenters. The lowest BCUT2D eigenvalue weighted by atomic mass is 10.3. The number of nitrogens with one attached hydrogen (secondary N) is 1. The molecule has 2 aromatic rings. The van der Waals surface area contributed by atoms with E-state index in [1.165, 1.54) is 0 Å². The van der Waals surface area contributed by atoms with Crippen LogP contribution in [-0.2, 0) is 0 Å². The fraction of sp³-hybridized carbons (Fsp3) is 0.167. The molecule has 5 nitrogen and oxygen atoms in total. The van der Waals surface area contributed by atoms with E-state index in [1.807, 2.05) is 12.1 Å². The van der Waals surface area contributed by atoms with Gasteiger partial charge in [-0.15, -0.1) is 10.2 Å². The first kappa shape index (κ1) is 13.7. The summed E-state index contributed by atoms with van der Waals surface area (Å²) < 4.78 is 5.52. The number of halogens is 2. The summed E-state index contributed by atoms with van der Waals surface area (Å²) in [5, 5.41) is 10.9. The Hall–Kier alpha value is -1.72. The Morgan fingerprint density at radius 3 is 2.63 bits per heavy atom. The standard InChI is InChI=1S/C12H12Cl2N4O/c13-11-7-10(12(14)18-17-11)16-5-6-19-9-3-1-8(15)2-4-9/h1-4,7H,5-6,15H2,(H,16,17). The molecule has 0 unspecified atom stereocenters. The summed E-state index contributed by atoms with van der Waals surface area (Å²) >= 11 is 11.6. The van der Waals surface area contributed by atoms with Gasteiger partial charge in [0.1, 0.15) is 12.4 Å². The van der Waals surface area contributed by atoms with Crippen molar-refractivity contribution in [3.05, 3.63) is 40.6 Å². The summed E-state index contributed by atoms with van der Waals surface area (Å²) in [7, 11) is 0. The maximum Gasteiger partial charge on any atom is 0.174 e. The van der Waals surface area contributed by atoms with E-state index < -0.39 is 0 Å². The normalized spacial score (nSPS) is 10.2. The molecule has 0 radical (unpaired) electrons. The highest BCUT2D eigenvalue weighted by molar-refractivity contribution is 6.33. The Bertz CT molecular complexity index is 548. The number of aromatic nitrogens is 2. The van der Waals surface area contributed by atoms with Crippen molar-refractivity contribution in [1.29, 1.82) is 0 Å². The van der Waals surface area contributed by atoms with Gasteiger partial charge >= 0.3 is 0 Å². The van der Waals surface area contributed by atoms with Crippen molar-refractivity contribution in [1.82, 2.24) is 10.2 Å². The van der Waals surface area contributed by atoms with E-state index in [2.05, 4.69) is 15.5 Å². The van der Waals surface area contributed by atoms with Crippen LogP contribution in [-0.4, -0.2) is 23.3 Å². The monoisotopic (exact) mass is 298 g/mol. The fourth-order valence-electron chi connectivity index (χ4n) is 1.40. The van der Waals surface area contributed by atoms with E-state index in [-0.39, 0.29) is 10.3 Å². The largest absolute Gasteiger partial charge is 0.492 e. The Labute approximate surface area is 120 Å². The number of anilines is 2. The van der Waals surface area contributed by atoms with E-state index in [1.54, 1.807) is 18.2 Å². The van der Waals surface area contributed by atoms with Crippen LogP contribution >= 0.6 is 23.2 Å². The molecule has 1 heterocycles. The van der Waals surface area contributed by atoms with Crippen LogP contribution < -0.4 is 15.8 Å². The minimum Gasteiger partial charge on any atom is -0.492 e. The third-order valence-electron chi connectivity index (χ3n) is 2.29. The highest BCUT2D eigenvalue weighted by Gasteiger charge is 2.03. The van der Waals surface area contributed by atoms with Crippen LogP contribution in [0.2, 0.25) is 10.3 Å². The average Bonchev–Trinajstić information content (AvgIpc) is 2.40. The van der Waals surface area contributed by atoms with Gasteiger partial charge in [-0.25, -0.2) is 0 Å². The number of nitrogens with zero attached hydrogens (tertiary/aromatic N) is 2. The van der Waals surface area contributed by atoms with Crippen molar-refractivity contribution in [2.24, 2.45) is 0 Å². The number of hydrogen-bond acceptors (Lipinski definition) is 5. The highest BCUT2D eigenvalue weighted by Crippen LogP contribution is 2.20. The second-order valence-corrected chi connectivity index (χ2v) is 4.46. The molecule has 0 fully saturated rings. The zero-order valence-electron chi connectivity index (χ0n) is 9.94. The Balaban J connectivity index is 1.80. The van der Waals surface area contributed by atoms with Gasteiger partial charge in [-0.05, 0) is 24.3 Å². The summed E-state index contributed by atoms with van der Waals surface area (Å²) in [4.78, 5) is 0. The molecule has 0 amide bonds. The van der Waals surface area contributed by atoms with Gasteiger partial charge in [0, 0.05) is 18.3 Å². The second-order valence-electron chi connectivity index (χ2n) is 3.72. The molecule has 19 heavy (non-hydrogen) atoms. The molecule has 2 rings (SSSR count). The van der Waals surface area contributed by atoms with Crippen molar-refractivity contribution in [2.45, 2.75) is 0 Å². The van der Waals surface area contributed by atoms with E-state index in [0.717, 1.165) is 5.75 Å². The Kier molecular flexibility index (Phi) is 4.65. The number of benzene rings is 1. The predicted molar refractivity (Wildman–Crippen MR) is 76.9 cm³/mol. The van der Waals surface area contributed by atoms with Gasteiger partial charge in [0.05, 0.1) is 5.69 Å². The molecular formula is C12H12Cl2N4O. The minimum absolute atomic E-state index is 0.275. The molecular weight excluding hydrogens is 287 g/mol. The first-order valence-electron chi connectivity index (χ1n) is 5.56. The van der Waals surface area contributed by atoms with Crippen LogP contribution in [0.5, 0.6) is 5.75 Å². The molecule has 0 spiro atoms. The number of hydrogen-bond donors (Lipinski definition) is 2. The van der Waals surface area contributed by atoms with Crippen molar-refractivity contribution >= 4 is 34.6 Å².